The van der Waals surface area contributed by atoms with E-state index in [1.54, 1.807) is 11.3 Å². The topological polar surface area (TPSA) is 29.6 Å². The van der Waals surface area contributed by atoms with Crippen LogP contribution in [0.2, 0.25) is 0 Å². The van der Waals surface area contributed by atoms with Crippen LogP contribution in [0, 0.1) is 13.8 Å². The second kappa shape index (κ2) is 5.07. The van der Waals surface area contributed by atoms with Crippen molar-refractivity contribution in [3.63, 3.8) is 0 Å². The van der Waals surface area contributed by atoms with E-state index in [1.807, 2.05) is 19.9 Å². The fraction of sp³-hybridized carbons (Fsp3) is 0.455. The van der Waals surface area contributed by atoms with Crippen LogP contribution in [0.1, 0.15) is 24.4 Å². The third-order valence-corrected chi connectivity index (χ3v) is 3.12. The zero-order chi connectivity index (χ0) is 11.4. The molecule has 0 aliphatic rings. The van der Waals surface area contributed by atoms with Crippen LogP contribution in [0.3, 0.4) is 0 Å². The molecule has 0 fully saturated rings. The predicted molar refractivity (Wildman–Crippen MR) is 66.3 cm³/mol. The van der Waals surface area contributed by atoms with Gasteiger partial charge in [0.1, 0.15) is 0 Å². The van der Waals surface area contributed by atoms with Gasteiger partial charge in [-0.1, -0.05) is 6.08 Å². The smallest absolute Gasteiger partial charge is 0.211 e. The minimum atomic E-state index is 0.785. The third-order valence-electron chi connectivity index (χ3n) is 2.04. The molecule has 0 N–H and O–H groups in total. The summed E-state index contributed by atoms with van der Waals surface area (Å²) in [5.74, 6) is 0. The quantitative estimate of drug-likeness (QED) is 0.428. The van der Waals surface area contributed by atoms with Crippen LogP contribution >= 0.6 is 11.3 Å². The van der Waals surface area contributed by atoms with Crippen molar-refractivity contribution in [1.29, 1.82) is 0 Å². The zero-order valence-corrected chi connectivity index (χ0v) is 10.6. The van der Waals surface area contributed by atoms with Gasteiger partial charge in [-0.05, 0) is 27.7 Å². The Kier molecular flexibility index (Phi) is 4.03. The SMILES string of the molecule is C=CCn1c(C)c(C)sc1=NN=C(C)C. The summed E-state index contributed by atoms with van der Waals surface area (Å²) < 4.78 is 2.12. The van der Waals surface area contributed by atoms with Gasteiger partial charge in [-0.2, -0.15) is 5.10 Å². The Labute approximate surface area is 94.5 Å². The number of rotatable bonds is 3. The molecule has 4 heteroatoms. The Hall–Kier alpha value is -1.16. The molecular formula is C11H17N3S. The van der Waals surface area contributed by atoms with E-state index in [-0.39, 0.29) is 0 Å². The highest BCUT2D eigenvalue weighted by molar-refractivity contribution is 7.09. The number of hydrogen-bond acceptors (Lipinski definition) is 3. The first-order valence-electron chi connectivity index (χ1n) is 4.89. The average molecular weight is 223 g/mol. The minimum absolute atomic E-state index is 0.785. The highest BCUT2D eigenvalue weighted by atomic mass is 32.1. The lowest BCUT2D eigenvalue weighted by atomic mass is 10.4. The predicted octanol–water partition coefficient (Wildman–Crippen LogP) is 2.65. The van der Waals surface area contributed by atoms with Crippen molar-refractivity contribution in [3.8, 4) is 0 Å². The molecule has 0 saturated carbocycles. The van der Waals surface area contributed by atoms with Crippen LogP contribution in [0.4, 0.5) is 0 Å². The van der Waals surface area contributed by atoms with E-state index < -0.39 is 0 Å². The lowest BCUT2D eigenvalue weighted by Crippen LogP contribution is -2.14. The molecule has 3 nitrogen and oxygen atoms in total. The van der Waals surface area contributed by atoms with Crippen LogP contribution < -0.4 is 4.80 Å². The largest absolute Gasteiger partial charge is 0.316 e. The second-order valence-corrected chi connectivity index (χ2v) is 4.75. The van der Waals surface area contributed by atoms with Crippen molar-refractivity contribution in [2.24, 2.45) is 10.2 Å². The molecule has 0 aliphatic carbocycles. The molecule has 82 valence electrons. The Morgan fingerprint density at radius 3 is 2.67 bits per heavy atom. The van der Waals surface area contributed by atoms with E-state index >= 15 is 0 Å². The second-order valence-electron chi connectivity index (χ2n) is 3.57. The number of aryl methyl sites for hydroxylation is 1. The van der Waals surface area contributed by atoms with Gasteiger partial charge < -0.3 is 4.57 Å². The fourth-order valence-corrected chi connectivity index (χ4v) is 2.10. The van der Waals surface area contributed by atoms with Crippen LogP contribution in [0.15, 0.2) is 22.9 Å². The first kappa shape index (κ1) is 11.9. The summed E-state index contributed by atoms with van der Waals surface area (Å²) in [6.45, 7) is 12.6. The van der Waals surface area contributed by atoms with Gasteiger partial charge in [0.2, 0.25) is 4.80 Å². The number of hydrogen-bond donors (Lipinski definition) is 0. The van der Waals surface area contributed by atoms with Crippen LogP contribution in [0.25, 0.3) is 0 Å². The summed E-state index contributed by atoms with van der Waals surface area (Å²) in [6.07, 6.45) is 1.88. The zero-order valence-electron chi connectivity index (χ0n) is 9.74. The van der Waals surface area contributed by atoms with E-state index in [4.69, 9.17) is 0 Å². The Bertz CT molecular complexity index is 445. The standard InChI is InChI=1S/C11H17N3S/c1-6-7-14-9(4)10(5)15-11(14)13-12-8(2)3/h6H,1,7H2,2-5H3. The maximum absolute atomic E-state index is 4.23. The summed E-state index contributed by atoms with van der Waals surface area (Å²) in [5.41, 5.74) is 2.20. The van der Waals surface area contributed by atoms with Crippen molar-refractivity contribution in [2.45, 2.75) is 34.2 Å². The van der Waals surface area contributed by atoms with Gasteiger partial charge in [0, 0.05) is 22.8 Å². The molecule has 1 aromatic rings. The lowest BCUT2D eigenvalue weighted by molar-refractivity contribution is 0.748. The molecule has 0 unspecified atom stereocenters. The summed E-state index contributed by atoms with van der Waals surface area (Å²) in [5, 5.41) is 8.32. The molecule has 1 heterocycles. The Balaban J connectivity index is 3.28. The molecule has 0 amide bonds. The highest BCUT2D eigenvalue weighted by Crippen LogP contribution is 2.09. The first-order chi connectivity index (χ1) is 7.06. The minimum Gasteiger partial charge on any atom is -0.316 e. The van der Waals surface area contributed by atoms with Crippen molar-refractivity contribution in [1.82, 2.24) is 4.57 Å². The van der Waals surface area contributed by atoms with Crippen molar-refractivity contribution in [2.75, 3.05) is 0 Å². The molecule has 0 radical (unpaired) electrons. The lowest BCUT2D eigenvalue weighted by Gasteiger charge is -2.00. The maximum atomic E-state index is 4.23. The van der Waals surface area contributed by atoms with Gasteiger partial charge in [0.05, 0.1) is 0 Å². The molecule has 0 atom stereocenters. The highest BCUT2D eigenvalue weighted by Gasteiger charge is 2.03. The average Bonchev–Trinajstić information content (AvgIpc) is 2.43. The first-order valence-corrected chi connectivity index (χ1v) is 5.70. The number of aromatic nitrogens is 1. The summed E-state index contributed by atoms with van der Waals surface area (Å²) in [7, 11) is 0. The van der Waals surface area contributed by atoms with Gasteiger partial charge in [-0.3, -0.25) is 0 Å². The van der Waals surface area contributed by atoms with E-state index in [2.05, 4.69) is 35.2 Å². The van der Waals surface area contributed by atoms with Gasteiger partial charge in [0.25, 0.3) is 0 Å². The Morgan fingerprint density at radius 2 is 2.13 bits per heavy atom. The molecule has 15 heavy (non-hydrogen) atoms. The van der Waals surface area contributed by atoms with Crippen molar-refractivity contribution >= 4 is 17.0 Å². The van der Waals surface area contributed by atoms with E-state index in [1.165, 1.54) is 10.6 Å². The van der Waals surface area contributed by atoms with Gasteiger partial charge in [-0.25, -0.2) is 0 Å². The van der Waals surface area contributed by atoms with E-state index in [9.17, 15) is 0 Å². The molecule has 0 aliphatic heterocycles. The third kappa shape index (κ3) is 2.89. The molecular weight excluding hydrogens is 206 g/mol. The molecule has 0 spiro atoms. The molecule has 0 aromatic carbocycles. The molecule has 1 aromatic heterocycles. The number of nitrogens with zero attached hydrogens (tertiary/aromatic N) is 3. The van der Waals surface area contributed by atoms with Crippen molar-refractivity contribution in [3.05, 3.63) is 28.0 Å². The maximum Gasteiger partial charge on any atom is 0.211 e. The van der Waals surface area contributed by atoms with Crippen LogP contribution in [-0.4, -0.2) is 10.3 Å². The van der Waals surface area contributed by atoms with E-state index in [0.717, 1.165) is 17.1 Å². The summed E-state index contributed by atoms with van der Waals surface area (Å²) in [6, 6.07) is 0. The van der Waals surface area contributed by atoms with E-state index in [0.29, 0.717) is 0 Å². The van der Waals surface area contributed by atoms with Gasteiger partial charge in [-0.15, -0.1) is 23.0 Å². The normalized spacial score (nSPS) is 11.6. The molecule has 0 saturated heterocycles. The summed E-state index contributed by atoms with van der Waals surface area (Å²) in [4.78, 5) is 2.21. The van der Waals surface area contributed by atoms with Crippen molar-refractivity contribution < 1.29 is 0 Å². The van der Waals surface area contributed by atoms with Gasteiger partial charge >= 0.3 is 0 Å². The monoisotopic (exact) mass is 223 g/mol. The van der Waals surface area contributed by atoms with Crippen LogP contribution in [-0.2, 0) is 6.54 Å². The van der Waals surface area contributed by atoms with Gasteiger partial charge in [0.15, 0.2) is 0 Å². The fourth-order valence-electron chi connectivity index (χ4n) is 1.16. The summed E-state index contributed by atoms with van der Waals surface area (Å²) >= 11 is 1.66. The van der Waals surface area contributed by atoms with Crippen LogP contribution in [0.5, 0.6) is 0 Å². The number of allylic oxidation sites excluding steroid dienone is 1. The molecule has 0 bridgehead atoms. The Morgan fingerprint density at radius 1 is 1.47 bits per heavy atom. The number of thiazole rings is 1. The molecule has 1 rings (SSSR count).